The lowest BCUT2D eigenvalue weighted by atomic mass is 10.1. The average molecular weight is 394 g/mol. The van der Waals surface area contributed by atoms with Crippen LogP contribution in [0, 0.1) is 0 Å². The Morgan fingerprint density at radius 3 is 2.50 bits per heavy atom. The first-order chi connectivity index (χ1) is 13.6. The number of benzene rings is 2. The first-order valence-electron chi connectivity index (χ1n) is 8.38. The molecule has 0 saturated carbocycles. The van der Waals surface area contributed by atoms with E-state index >= 15 is 0 Å². The molecule has 6 nitrogen and oxygen atoms in total. The van der Waals surface area contributed by atoms with Crippen molar-refractivity contribution >= 4 is 34.9 Å². The van der Waals surface area contributed by atoms with Gasteiger partial charge in [0.25, 0.3) is 11.8 Å². The average Bonchev–Trinajstić information content (AvgIpc) is 3.18. The number of carbonyl (C=O) groups excluding carboxylic acids is 2. The molecule has 0 bridgehead atoms. The Hall–Kier alpha value is -3.42. The summed E-state index contributed by atoms with van der Waals surface area (Å²) in [4.78, 5) is 25.5. The van der Waals surface area contributed by atoms with Gasteiger partial charge in [0.1, 0.15) is 10.6 Å². The molecule has 0 atom stereocenters. The number of hydrogen-bond acceptors (Lipinski definition) is 5. The molecule has 0 aliphatic heterocycles. The summed E-state index contributed by atoms with van der Waals surface area (Å²) in [5.41, 5.74) is 3.69. The van der Waals surface area contributed by atoms with Gasteiger partial charge in [-0.3, -0.25) is 14.8 Å². The number of methoxy groups -OCH3 is 1. The second kappa shape index (κ2) is 8.98. The normalized spacial score (nSPS) is 10.6. The van der Waals surface area contributed by atoms with Crippen LogP contribution in [-0.4, -0.2) is 24.1 Å². The fraction of sp³-hybridized carbons (Fsp3) is 0.0476. The molecule has 2 amide bonds. The zero-order valence-corrected chi connectivity index (χ0v) is 15.8. The monoisotopic (exact) mass is 394 g/mol. The van der Waals surface area contributed by atoms with Gasteiger partial charge in [0, 0.05) is 16.6 Å². The molecule has 0 saturated heterocycles. The topological polar surface area (TPSA) is 87.7 Å². The van der Waals surface area contributed by atoms with Gasteiger partial charge in [0.15, 0.2) is 0 Å². The molecule has 0 unspecified atom stereocenters. The van der Waals surface area contributed by atoms with Crippen LogP contribution in [0.4, 0.5) is 5.69 Å². The minimum Gasteiger partial charge on any atom is -0.495 e. The fourth-order valence-corrected chi connectivity index (χ4v) is 3.59. The summed E-state index contributed by atoms with van der Waals surface area (Å²) in [6, 6.07) is 18.6. The number of para-hydroxylation sites is 1. The predicted octanol–water partition coefficient (Wildman–Crippen LogP) is 4.19. The highest BCUT2D eigenvalue weighted by atomic mass is 32.1. The number of hydroxylamine groups is 1. The Morgan fingerprint density at radius 1 is 1.07 bits per heavy atom. The molecule has 0 spiro atoms. The highest BCUT2D eigenvalue weighted by Crippen LogP contribution is 2.36. The smallest absolute Gasteiger partial charge is 0.269 e. The van der Waals surface area contributed by atoms with E-state index in [0.29, 0.717) is 21.9 Å². The van der Waals surface area contributed by atoms with Crippen LogP contribution in [0.2, 0.25) is 0 Å². The predicted molar refractivity (Wildman–Crippen MR) is 110 cm³/mol. The number of nitrogens with one attached hydrogen (secondary N) is 2. The van der Waals surface area contributed by atoms with Crippen molar-refractivity contribution in [1.82, 2.24) is 5.48 Å². The van der Waals surface area contributed by atoms with E-state index in [0.717, 1.165) is 10.4 Å². The van der Waals surface area contributed by atoms with E-state index in [-0.39, 0.29) is 5.91 Å². The third kappa shape index (κ3) is 4.46. The summed E-state index contributed by atoms with van der Waals surface area (Å²) in [5.74, 6) is -0.473. The number of ether oxygens (including phenoxy) is 1. The van der Waals surface area contributed by atoms with E-state index in [1.807, 2.05) is 36.4 Å². The van der Waals surface area contributed by atoms with Gasteiger partial charge in [0.05, 0.1) is 7.11 Å². The van der Waals surface area contributed by atoms with E-state index in [2.05, 4.69) is 5.32 Å². The Morgan fingerprint density at radius 2 is 1.79 bits per heavy atom. The molecule has 0 aliphatic rings. The van der Waals surface area contributed by atoms with Crippen molar-refractivity contribution in [2.75, 3.05) is 12.4 Å². The van der Waals surface area contributed by atoms with Crippen LogP contribution in [-0.2, 0) is 4.79 Å². The van der Waals surface area contributed by atoms with E-state index < -0.39 is 5.91 Å². The van der Waals surface area contributed by atoms with Crippen molar-refractivity contribution in [3.63, 3.8) is 0 Å². The van der Waals surface area contributed by atoms with Gasteiger partial charge < -0.3 is 10.1 Å². The van der Waals surface area contributed by atoms with Gasteiger partial charge >= 0.3 is 0 Å². The SMILES string of the molecule is COc1cc(-c2ccccc2)sc1C(=O)Nc1ccccc1C=CC(=O)NO. The van der Waals surface area contributed by atoms with Gasteiger partial charge in [-0.15, -0.1) is 11.3 Å². The maximum atomic E-state index is 12.9. The first-order valence-corrected chi connectivity index (χ1v) is 9.20. The molecule has 0 fully saturated rings. The molecule has 3 rings (SSSR count). The van der Waals surface area contributed by atoms with Crippen LogP contribution in [0.5, 0.6) is 5.75 Å². The third-order valence-electron chi connectivity index (χ3n) is 3.92. The first kappa shape index (κ1) is 19.3. The molecule has 2 aromatic carbocycles. The van der Waals surface area contributed by atoms with Gasteiger partial charge in [-0.1, -0.05) is 48.5 Å². The lowest BCUT2D eigenvalue weighted by molar-refractivity contribution is -0.124. The lowest BCUT2D eigenvalue weighted by Gasteiger charge is -2.08. The second-order valence-electron chi connectivity index (χ2n) is 5.72. The quantitative estimate of drug-likeness (QED) is 0.332. The van der Waals surface area contributed by atoms with E-state index in [1.165, 1.54) is 36.1 Å². The van der Waals surface area contributed by atoms with Gasteiger partial charge in [-0.05, 0) is 29.3 Å². The molecule has 142 valence electrons. The van der Waals surface area contributed by atoms with Crippen LogP contribution in [0.1, 0.15) is 15.2 Å². The standard InChI is InChI=1S/C21H18N2O4S/c1-27-17-13-18(15-8-3-2-4-9-15)28-20(17)21(25)22-16-10-6-5-7-14(16)11-12-19(24)23-26/h2-13,26H,1H3,(H,22,25)(H,23,24). The number of amides is 2. The van der Waals surface area contributed by atoms with Gasteiger partial charge in [-0.2, -0.15) is 0 Å². The second-order valence-corrected chi connectivity index (χ2v) is 6.78. The highest BCUT2D eigenvalue weighted by Gasteiger charge is 2.18. The summed E-state index contributed by atoms with van der Waals surface area (Å²) in [6.45, 7) is 0. The molecule has 7 heteroatoms. The molecule has 3 aromatic rings. The van der Waals surface area contributed by atoms with Crippen molar-refractivity contribution in [2.45, 2.75) is 0 Å². The maximum Gasteiger partial charge on any atom is 0.269 e. The van der Waals surface area contributed by atoms with Crippen molar-refractivity contribution in [3.05, 3.63) is 77.2 Å². The summed E-state index contributed by atoms with van der Waals surface area (Å²) in [5, 5.41) is 11.5. The summed E-state index contributed by atoms with van der Waals surface area (Å²) in [6.07, 6.45) is 2.67. The zero-order chi connectivity index (χ0) is 19.9. The van der Waals surface area contributed by atoms with Gasteiger partial charge in [-0.25, -0.2) is 5.48 Å². The van der Waals surface area contributed by atoms with Gasteiger partial charge in [0.2, 0.25) is 0 Å². The molecule has 0 radical (unpaired) electrons. The van der Waals surface area contributed by atoms with Crippen LogP contribution in [0.15, 0.2) is 66.7 Å². The van der Waals surface area contributed by atoms with Crippen molar-refractivity contribution < 1.29 is 19.5 Å². The largest absolute Gasteiger partial charge is 0.495 e. The summed E-state index contributed by atoms with van der Waals surface area (Å²) in [7, 11) is 1.53. The highest BCUT2D eigenvalue weighted by molar-refractivity contribution is 7.17. The van der Waals surface area contributed by atoms with Crippen LogP contribution >= 0.6 is 11.3 Å². The fourth-order valence-electron chi connectivity index (χ4n) is 2.57. The van der Waals surface area contributed by atoms with E-state index in [4.69, 9.17) is 9.94 Å². The Balaban J connectivity index is 1.87. The molecule has 1 aromatic heterocycles. The Kier molecular flexibility index (Phi) is 6.21. The Bertz CT molecular complexity index is 1010. The summed E-state index contributed by atoms with van der Waals surface area (Å²) < 4.78 is 5.38. The molecular formula is C21H18N2O4S. The van der Waals surface area contributed by atoms with Crippen LogP contribution < -0.4 is 15.5 Å². The number of rotatable bonds is 6. The molecule has 1 heterocycles. The van der Waals surface area contributed by atoms with Crippen LogP contribution in [0.25, 0.3) is 16.5 Å². The summed E-state index contributed by atoms with van der Waals surface area (Å²) >= 11 is 1.34. The van der Waals surface area contributed by atoms with E-state index in [1.54, 1.807) is 24.3 Å². The van der Waals surface area contributed by atoms with Crippen molar-refractivity contribution in [3.8, 4) is 16.2 Å². The van der Waals surface area contributed by atoms with Crippen LogP contribution in [0.3, 0.4) is 0 Å². The van der Waals surface area contributed by atoms with Crippen molar-refractivity contribution in [2.24, 2.45) is 0 Å². The minimum atomic E-state index is -0.659. The number of hydrogen-bond donors (Lipinski definition) is 3. The number of carbonyl (C=O) groups is 2. The Labute approximate surface area is 166 Å². The lowest BCUT2D eigenvalue weighted by Crippen LogP contribution is -2.15. The molecule has 28 heavy (non-hydrogen) atoms. The number of anilines is 1. The maximum absolute atomic E-state index is 12.9. The van der Waals surface area contributed by atoms with E-state index in [9.17, 15) is 9.59 Å². The molecular weight excluding hydrogens is 376 g/mol. The zero-order valence-electron chi connectivity index (χ0n) is 15.0. The minimum absolute atomic E-state index is 0.309. The van der Waals surface area contributed by atoms with Crippen molar-refractivity contribution in [1.29, 1.82) is 0 Å². The number of thiophene rings is 1. The third-order valence-corrected chi connectivity index (χ3v) is 5.08. The molecule has 0 aliphatic carbocycles. The molecule has 3 N–H and O–H groups in total.